The van der Waals surface area contributed by atoms with Crippen molar-refractivity contribution in [3.63, 3.8) is 0 Å². The summed E-state index contributed by atoms with van der Waals surface area (Å²) in [4.78, 5) is 8.92. The molecule has 134 valence electrons. The molecule has 1 aliphatic rings. The van der Waals surface area contributed by atoms with Crippen molar-refractivity contribution in [1.29, 1.82) is 0 Å². The van der Waals surface area contributed by atoms with E-state index in [0.29, 0.717) is 25.4 Å². The van der Waals surface area contributed by atoms with E-state index in [4.69, 9.17) is 0 Å². The third-order valence-electron chi connectivity index (χ3n) is 4.52. The minimum atomic E-state index is -3.06. The van der Waals surface area contributed by atoms with E-state index in [1.54, 1.807) is 10.5 Å². The third-order valence-corrected chi connectivity index (χ3v) is 5.83. The van der Waals surface area contributed by atoms with Gasteiger partial charge in [0.15, 0.2) is 0 Å². The molecule has 0 atom stereocenters. The number of hydrogen-bond donors (Lipinski definition) is 1. The van der Waals surface area contributed by atoms with Crippen molar-refractivity contribution in [3.8, 4) is 0 Å². The number of nitrogens with one attached hydrogen (secondary N) is 1. The van der Waals surface area contributed by atoms with E-state index >= 15 is 0 Å². The first-order chi connectivity index (χ1) is 12.0. The standard InChI is InChI=1S/C18H24N4O2S/c1-25(23,24)22-11-8-16(9-12-22)14-20-17-7-10-19-18(21-17)13-15-5-3-2-4-6-15/h2-7,10,16H,8-9,11-14H2,1H3,(H,19,20,21). The molecule has 0 aliphatic carbocycles. The van der Waals surface area contributed by atoms with Crippen molar-refractivity contribution >= 4 is 15.8 Å². The van der Waals surface area contributed by atoms with Gasteiger partial charge in [-0.1, -0.05) is 30.3 Å². The fourth-order valence-corrected chi connectivity index (χ4v) is 3.93. The topological polar surface area (TPSA) is 75.2 Å². The fourth-order valence-electron chi connectivity index (χ4n) is 3.06. The van der Waals surface area contributed by atoms with Crippen LogP contribution in [0.4, 0.5) is 5.82 Å². The minimum Gasteiger partial charge on any atom is -0.370 e. The molecule has 1 aromatic carbocycles. The van der Waals surface area contributed by atoms with Gasteiger partial charge >= 0.3 is 0 Å². The van der Waals surface area contributed by atoms with Crippen LogP contribution in [0.3, 0.4) is 0 Å². The number of hydrogen-bond acceptors (Lipinski definition) is 5. The molecule has 1 fully saturated rings. The highest BCUT2D eigenvalue weighted by Gasteiger charge is 2.24. The first kappa shape index (κ1) is 17.8. The van der Waals surface area contributed by atoms with E-state index in [0.717, 1.165) is 31.0 Å². The molecule has 0 bridgehead atoms. The van der Waals surface area contributed by atoms with Gasteiger partial charge < -0.3 is 5.32 Å². The number of aromatic nitrogens is 2. The van der Waals surface area contributed by atoms with Crippen LogP contribution in [0.15, 0.2) is 42.6 Å². The highest BCUT2D eigenvalue weighted by Crippen LogP contribution is 2.19. The van der Waals surface area contributed by atoms with Crippen LogP contribution in [-0.2, 0) is 16.4 Å². The zero-order valence-electron chi connectivity index (χ0n) is 14.4. The maximum absolute atomic E-state index is 11.6. The van der Waals surface area contributed by atoms with Gasteiger partial charge in [-0.3, -0.25) is 0 Å². The Balaban J connectivity index is 1.52. The average molecular weight is 360 g/mol. The van der Waals surface area contributed by atoms with Crippen LogP contribution >= 0.6 is 0 Å². The molecule has 0 amide bonds. The monoisotopic (exact) mass is 360 g/mol. The molecule has 0 spiro atoms. The SMILES string of the molecule is CS(=O)(=O)N1CCC(CNc2ccnc(Cc3ccccc3)n2)CC1. The second-order valence-electron chi connectivity index (χ2n) is 6.51. The van der Waals surface area contributed by atoms with E-state index in [1.165, 1.54) is 11.8 Å². The Labute approximate surface area is 149 Å². The van der Waals surface area contributed by atoms with Crippen LogP contribution in [0.1, 0.15) is 24.2 Å². The molecular formula is C18H24N4O2S. The van der Waals surface area contributed by atoms with Crippen LogP contribution in [0.5, 0.6) is 0 Å². The summed E-state index contributed by atoms with van der Waals surface area (Å²) < 4.78 is 24.7. The molecule has 7 heteroatoms. The van der Waals surface area contributed by atoms with E-state index in [2.05, 4.69) is 27.4 Å². The van der Waals surface area contributed by atoms with Gasteiger partial charge in [-0.25, -0.2) is 22.7 Å². The molecule has 1 aliphatic heterocycles. The zero-order chi connectivity index (χ0) is 17.7. The van der Waals surface area contributed by atoms with E-state index in [-0.39, 0.29) is 0 Å². The van der Waals surface area contributed by atoms with Crippen LogP contribution in [-0.4, -0.2) is 48.6 Å². The van der Waals surface area contributed by atoms with Crippen molar-refractivity contribution in [2.24, 2.45) is 5.92 Å². The Morgan fingerprint density at radius 2 is 1.88 bits per heavy atom. The lowest BCUT2D eigenvalue weighted by Gasteiger charge is -2.30. The maximum Gasteiger partial charge on any atom is 0.211 e. The largest absolute Gasteiger partial charge is 0.370 e. The summed E-state index contributed by atoms with van der Waals surface area (Å²) in [5, 5.41) is 3.38. The second kappa shape index (κ2) is 7.93. The Kier molecular flexibility index (Phi) is 5.65. The maximum atomic E-state index is 11.6. The molecule has 1 saturated heterocycles. The van der Waals surface area contributed by atoms with Gasteiger partial charge in [0.05, 0.1) is 6.26 Å². The van der Waals surface area contributed by atoms with Crippen molar-refractivity contribution in [3.05, 3.63) is 54.0 Å². The number of benzene rings is 1. The smallest absolute Gasteiger partial charge is 0.211 e. The zero-order valence-corrected chi connectivity index (χ0v) is 15.2. The van der Waals surface area contributed by atoms with E-state index in [1.807, 2.05) is 24.3 Å². The van der Waals surface area contributed by atoms with Crippen LogP contribution in [0.25, 0.3) is 0 Å². The molecule has 1 aromatic heterocycles. The molecular weight excluding hydrogens is 336 g/mol. The summed E-state index contributed by atoms with van der Waals surface area (Å²) >= 11 is 0. The molecule has 2 aromatic rings. The number of nitrogens with zero attached hydrogens (tertiary/aromatic N) is 3. The molecule has 0 saturated carbocycles. The quantitative estimate of drug-likeness (QED) is 0.854. The molecule has 0 unspecified atom stereocenters. The Bertz CT molecular complexity index is 788. The summed E-state index contributed by atoms with van der Waals surface area (Å²) in [6.45, 7) is 2.02. The Morgan fingerprint density at radius 1 is 1.16 bits per heavy atom. The summed E-state index contributed by atoms with van der Waals surface area (Å²) in [6, 6.07) is 12.0. The number of piperidine rings is 1. The van der Waals surface area contributed by atoms with Gasteiger partial charge in [-0.2, -0.15) is 0 Å². The second-order valence-corrected chi connectivity index (χ2v) is 8.49. The minimum absolute atomic E-state index is 0.463. The van der Waals surface area contributed by atoms with Crippen LogP contribution in [0.2, 0.25) is 0 Å². The van der Waals surface area contributed by atoms with E-state index in [9.17, 15) is 8.42 Å². The fraction of sp³-hybridized carbons (Fsp3) is 0.444. The molecule has 1 N–H and O–H groups in total. The highest BCUT2D eigenvalue weighted by atomic mass is 32.2. The first-order valence-electron chi connectivity index (χ1n) is 8.55. The van der Waals surface area contributed by atoms with Gasteiger partial charge in [0, 0.05) is 32.3 Å². The molecule has 6 nitrogen and oxygen atoms in total. The normalized spacial score (nSPS) is 16.7. The lowest BCUT2D eigenvalue weighted by molar-refractivity contribution is 0.283. The van der Waals surface area contributed by atoms with E-state index < -0.39 is 10.0 Å². The summed E-state index contributed by atoms with van der Waals surface area (Å²) in [7, 11) is -3.06. The molecule has 3 rings (SSSR count). The Morgan fingerprint density at radius 3 is 2.56 bits per heavy atom. The Hall–Kier alpha value is -1.99. The lowest BCUT2D eigenvalue weighted by atomic mass is 9.98. The summed E-state index contributed by atoms with van der Waals surface area (Å²) in [5.41, 5.74) is 1.19. The number of sulfonamides is 1. The predicted molar refractivity (Wildman–Crippen MR) is 98.9 cm³/mol. The molecule has 2 heterocycles. The molecule has 25 heavy (non-hydrogen) atoms. The van der Waals surface area contributed by atoms with Crippen LogP contribution < -0.4 is 5.32 Å². The first-order valence-corrected chi connectivity index (χ1v) is 10.4. The predicted octanol–water partition coefficient (Wildman–Crippen LogP) is 2.15. The van der Waals surface area contributed by atoms with Gasteiger partial charge in [0.2, 0.25) is 10.0 Å². The third kappa shape index (κ3) is 5.24. The van der Waals surface area contributed by atoms with Gasteiger partial charge in [-0.15, -0.1) is 0 Å². The number of anilines is 1. The summed E-state index contributed by atoms with van der Waals surface area (Å²) in [5.74, 6) is 2.08. The van der Waals surface area contributed by atoms with Gasteiger partial charge in [0.1, 0.15) is 11.6 Å². The van der Waals surface area contributed by atoms with Crippen molar-refractivity contribution < 1.29 is 8.42 Å². The average Bonchev–Trinajstić information content (AvgIpc) is 2.61. The van der Waals surface area contributed by atoms with Gasteiger partial charge in [0.25, 0.3) is 0 Å². The number of rotatable bonds is 6. The van der Waals surface area contributed by atoms with Gasteiger partial charge in [-0.05, 0) is 30.4 Å². The lowest BCUT2D eigenvalue weighted by Crippen LogP contribution is -2.39. The molecule has 0 radical (unpaired) electrons. The van der Waals surface area contributed by atoms with Crippen molar-refractivity contribution in [2.45, 2.75) is 19.3 Å². The van der Waals surface area contributed by atoms with Crippen LogP contribution in [0, 0.1) is 5.92 Å². The summed E-state index contributed by atoms with van der Waals surface area (Å²) in [6.07, 6.45) is 5.52. The van der Waals surface area contributed by atoms with Crippen molar-refractivity contribution in [2.75, 3.05) is 31.2 Å². The van der Waals surface area contributed by atoms with Crippen molar-refractivity contribution in [1.82, 2.24) is 14.3 Å². The highest BCUT2D eigenvalue weighted by molar-refractivity contribution is 7.88.